The highest BCUT2D eigenvalue weighted by Gasteiger charge is 2.28. The Hall–Kier alpha value is -0.960. The standard InChI is InChI=1S/C12H23NO6S/c1-6-11(9-19-20(15,16)17)13(4,5)7-8-18-12(14)10(2)3/h11H,2,6-9H2,1,3-5H3/p+1. The minimum Gasteiger partial charge on any atom is -0.456 e. The van der Waals surface area contributed by atoms with E-state index in [2.05, 4.69) is 10.8 Å². The third kappa shape index (κ3) is 7.59. The predicted octanol–water partition coefficient (Wildman–Crippen LogP) is 0.780. The molecule has 0 spiro atoms. The fourth-order valence-corrected chi connectivity index (χ4v) is 1.99. The van der Waals surface area contributed by atoms with Crippen molar-refractivity contribution in [2.24, 2.45) is 0 Å². The van der Waals surface area contributed by atoms with Gasteiger partial charge in [-0.1, -0.05) is 13.5 Å². The molecule has 0 fully saturated rings. The quantitative estimate of drug-likeness (QED) is 0.293. The van der Waals surface area contributed by atoms with Crippen molar-refractivity contribution in [3.63, 3.8) is 0 Å². The van der Waals surface area contributed by atoms with Crippen LogP contribution in [0.25, 0.3) is 0 Å². The van der Waals surface area contributed by atoms with E-state index in [-0.39, 0.29) is 19.3 Å². The van der Waals surface area contributed by atoms with Crippen molar-refractivity contribution in [3.8, 4) is 0 Å². The van der Waals surface area contributed by atoms with Crippen molar-refractivity contribution in [1.82, 2.24) is 0 Å². The van der Waals surface area contributed by atoms with E-state index in [0.29, 0.717) is 23.0 Å². The molecule has 0 aliphatic carbocycles. The monoisotopic (exact) mass is 310 g/mol. The average Bonchev–Trinajstić information content (AvgIpc) is 2.27. The highest BCUT2D eigenvalue weighted by atomic mass is 32.3. The van der Waals surface area contributed by atoms with Crippen LogP contribution < -0.4 is 0 Å². The third-order valence-corrected chi connectivity index (χ3v) is 3.55. The summed E-state index contributed by atoms with van der Waals surface area (Å²) in [6.07, 6.45) is 0.650. The van der Waals surface area contributed by atoms with Crippen molar-refractivity contribution in [1.29, 1.82) is 0 Å². The number of carbonyl (C=O) groups excluding carboxylic acids is 1. The molecule has 20 heavy (non-hydrogen) atoms. The van der Waals surface area contributed by atoms with Crippen LogP contribution in [-0.2, 0) is 24.1 Å². The first-order chi connectivity index (χ1) is 8.99. The molecule has 1 atom stereocenters. The van der Waals surface area contributed by atoms with E-state index in [1.165, 1.54) is 0 Å². The molecular formula is C12H24NO6S+. The molecule has 0 rings (SSSR count). The van der Waals surface area contributed by atoms with Gasteiger partial charge in [-0.3, -0.25) is 4.55 Å². The second kappa shape index (κ2) is 7.72. The zero-order valence-corrected chi connectivity index (χ0v) is 13.3. The van der Waals surface area contributed by atoms with E-state index >= 15 is 0 Å². The maximum absolute atomic E-state index is 11.3. The van der Waals surface area contributed by atoms with Gasteiger partial charge >= 0.3 is 16.4 Å². The Balaban J connectivity index is 4.42. The lowest BCUT2D eigenvalue weighted by Crippen LogP contribution is -2.52. The number of quaternary nitrogens is 1. The van der Waals surface area contributed by atoms with Gasteiger partial charge in [-0.05, 0) is 13.3 Å². The van der Waals surface area contributed by atoms with Crippen LogP contribution in [0.5, 0.6) is 0 Å². The van der Waals surface area contributed by atoms with Crippen LogP contribution in [0.3, 0.4) is 0 Å². The highest BCUT2D eigenvalue weighted by Crippen LogP contribution is 2.12. The lowest BCUT2D eigenvalue weighted by molar-refractivity contribution is -0.915. The molecule has 0 radical (unpaired) electrons. The summed E-state index contributed by atoms with van der Waals surface area (Å²) in [6, 6.07) is -0.152. The number of hydrogen-bond donors (Lipinski definition) is 1. The van der Waals surface area contributed by atoms with Crippen LogP contribution in [0.4, 0.5) is 0 Å². The van der Waals surface area contributed by atoms with Gasteiger partial charge in [-0.25, -0.2) is 8.98 Å². The van der Waals surface area contributed by atoms with E-state index in [1.54, 1.807) is 6.92 Å². The molecule has 0 aromatic rings. The summed E-state index contributed by atoms with van der Waals surface area (Å²) in [6.45, 7) is 7.50. The zero-order valence-electron chi connectivity index (χ0n) is 12.5. The Kier molecular flexibility index (Phi) is 7.35. The van der Waals surface area contributed by atoms with Crippen LogP contribution in [-0.4, -0.2) is 63.3 Å². The molecule has 0 aromatic carbocycles. The number of rotatable bonds is 9. The van der Waals surface area contributed by atoms with Crippen LogP contribution in [0.15, 0.2) is 12.2 Å². The number of esters is 1. The van der Waals surface area contributed by atoms with E-state index in [0.717, 1.165) is 0 Å². The average molecular weight is 310 g/mol. The van der Waals surface area contributed by atoms with Crippen molar-refractivity contribution in [2.75, 3.05) is 33.9 Å². The van der Waals surface area contributed by atoms with Crippen molar-refractivity contribution < 1.29 is 31.2 Å². The number of likely N-dealkylation sites (N-methyl/N-ethyl adjacent to an activating group) is 1. The number of ether oxygens (including phenoxy) is 1. The van der Waals surface area contributed by atoms with Crippen LogP contribution in [0.1, 0.15) is 20.3 Å². The molecule has 0 amide bonds. The first-order valence-corrected chi connectivity index (χ1v) is 7.63. The summed E-state index contributed by atoms with van der Waals surface area (Å²) in [5.41, 5.74) is 0.331. The third-order valence-electron chi connectivity index (χ3n) is 3.12. The van der Waals surface area contributed by atoms with Gasteiger partial charge in [-0.2, -0.15) is 8.42 Å². The maximum atomic E-state index is 11.3. The topological polar surface area (TPSA) is 89.9 Å². The predicted molar refractivity (Wildman–Crippen MR) is 74.3 cm³/mol. The summed E-state index contributed by atoms with van der Waals surface area (Å²) in [4.78, 5) is 11.3. The van der Waals surface area contributed by atoms with Crippen molar-refractivity contribution in [2.45, 2.75) is 26.3 Å². The van der Waals surface area contributed by atoms with Gasteiger partial charge in [0.05, 0.1) is 14.1 Å². The molecule has 118 valence electrons. The molecule has 0 aliphatic rings. The Labute approximate surface area is 120 Å². The molecule has 0 bridgehead atoms. The summed E-state index contributed by atoms with van der Waals surface area (Å²) in [7, 11) is -0.699. The smallest absolute Gasteiger partial charge is 0.397 e. The minimum atomic E-state index is -4.44. The molecule has 0 aromatic heterocycles. The lowest BCUT2D eigenvalue weighted by atomic mass is 10.2. The SMILES string of the molecule is C=C(C)C(=O)OCC[N+](C)(C)C(CC)COS(=O)(=O)O. The first kappa shape index (κ1) is 19.0. The van der Waals surface area contributed by atoms with E-state index in [4.69, 9.17) is 9.29 Å². The summed E-state index contributed by atoms with van der Waals surface area (Å²) in [5.74, 6) is -0.452. The maximum Gasteiger partial charge on any atom is 0.397 e. The Bertz CT molecular complexity index is 443. The summed E-state index contributed by atoms with van der Waals surface area (Å²) >= 11 is 0. The molecule has 0 saturated carbocycles. The summed E-state index contributed by atoms with van der Waals surface area (Å²) < 4.78 is 39.6. The molecule has 8 heteroatoms. The number of hydrogen-bond acceptors (Lipinski definition) is 5. The van der Waals surface area contributed by atoms with Crippen molar-refractivity contribution >= 4 is 16.4 Å². The molecule has 0 aliphatic heterocycles. The highest BCUT2D eigenvalue weighted by molar-refractivity contribution is 7.80. The number of nitrogens with zero attached hydrogens (tertiary/aromatic N) is 1. The summed E-state index contributed by atoms with van der Waals surface area (Å²) in [5, 5.41) is 0. The van der Waals surface area contributed by atoms with Gasteiger partial charge in [0.25, 0.3) is 0 Å². The molecular weight excluding hydrogens is 286 g/mol. The zero-order chi connectivity index (χ0) is 16.0. The fraction of sp³-hybridized carbons (Fsp3) is 0.750. The van der Waals surface area contributed by atoms with Crippen molar-refractivity contribution in [3.05, 3.63) is 12.2 Å². The van der Waals surface area contributed by atoms with Crippen LogP contribution >= 0.6 is 0 Å². The first-order valence-electron chi connectivity index (χ1n) is 6.26. The normalized spacial score (nSPS) is 13.8. The lowest BCUT2D eigenvalue weighted by Gasteiger charge is -2.37. The second-order valence-electron chi connectivity index (χ2n) is 5.19. The molecule has 7 nitrogen and oxygen atoms in total. The molecule has 0 saturated heterocycles. The van der Waals surface area contributed by atoms with Gasteiger partial charge in [0.15, 0.2) is 0 Å². The van der Waals surface area contributed by atoms with Gasteiger partial charge in [0.1, 0.15) is 25.8 Å². The minimum absolute atomic E-state index is 0.128. The van der Waals surface area contributed by atoms with Gasteiger partial charge in [-0.15, -0.1) is 0 Å². The molecule has 1 N–H and O–H groups in total. The Morgan fingerprint density at radius 3 is 2.35 bits per heavy atom. The Morgan fingerprint density at radius 1 is 1.40 bits per heavy atom. The van der Waals surface area contributed by atoms with E-state index < -0.39 is 16.4 Å². The molecule has 1 unspecified atom stereocenters. The molecule has 0 heterocycles. The van der Waals surface area contributed by atoms with Gasteiger partial charge < -0.3 is 9.22 Å². The van der Waals surface area contributed by atoms with Gasteiger partial charge in [0.2, 0.25) is 0 Å². The van der Waals surface area contributed by atoms with Gasteiger partial charge in [0, 0.05) is 5.57 Å². The number of carbonyl (C=O) groups is 1. The van der Waals surface area contributed by atoms with Crippen LogP contribution in [0.2, 0.25) is 0 Å². The van der Waals surface area contributed by atoms with Crippen LogP contribution in [0, 0.1) is 0 Å². The fourth-order valence-electron chi connectivity index (χ4n) is 1.66. The largest absolute Gasteiger partial charge is 0.456 e. The van der Waals surface area contributed by atoms with E-state index in [1.807, 2.05) is 21.0 Å². The second-order valence-corrected chi connectivity index (χ2v) is 6.28. The Morgan fingerprint density at radius 2 is 1.95 bits per heavy atom. The van der Waals surface area contributed by atoms with E-state index in [9.17, 15) is 13.2 Å².